The summed E-state index contributed by atoms with van der Waals surface area (Å²) >= 11 is 0. The molecule has 178 valence electrons. The molecule has 0 radical (unpaired) electrons. The van der Waals surface area contributed by atoms with Crippen LogP contribution < -0.4 is 10.6 Å². The Bertz CT molecular complexity index is 786. The van der Waals surface area contributed by atoms with Crippen LogP contribution in [0.4, 0.5) is 5.82 Å². The quantitative estimate of drug-likeness (QED) is 0.426. The van der Waals surface area contributed by atoms with Gasteiger partial charge in [-0.05, 0) is 75.0 Å². The fourth-order valence-corrected chi connectivity index (χ4v) is 4.33. The zero-order valence-corrected chi connectivity index (χ0v) is 20.0. The third-order valence-electron chi connectivity index (χ3n) is 6.17. The average molecular weight is 445 g/mol. The van der Waals surface area contributed by atoms with Crippen LogP contribution in [0.5, 0.6) is 0 Å². The molecule has 1 amide bonds. The molecule has 32 heavy (non-hydrogen) atoms. The van der Waals surface area contributed by atoms with E-state index in [1.807, 2.05) is 20.8 Å². The van der Waals surface area contributed by atoms with E-state index in [-0.39, 0.29) is 11.3 Å². The molecule has 1 aromatic heterocycles. The maximum absolute atomic E-state index is 12.2. The number of carbonyl (C=O) groups is 2. The van der Waals surface area contributed by atoms with Crippen LogP contribution in [0, 0.1) is 5.41 Å². The monoisotopic (exact) mass is 444 g/mol. The lowest BCUT2D eigenvalue weighted by atomic mass is 9.92. The minimum Gasteiger partial charge on any atom is -0.480 e. The Kier molecular flexibility index (Phi) is 8.51. The summed E-state index contributed by atoms with van der Waals surface area (Å²) in [4.78, 5) is 31.1. The number of aromatic nitrogens is 1. The number of aryl methyl sites for hydroxylation is 2. The van der Waals surface area contributed by atoms with Crippen LogP contribution in [0.15, 0.2) is 12.1 Å². The summed E-state index contributed by atoms with van der Waals surface area (Å²) in [5, 5.41) is 15.7. The number of nitrogens with zero attached hydrogens (tertiary/aromatic N) is 2. The number of nitrogens with one attached hydrogen (secondary N) is 2. The first-order chi connectivity index (χ1) is 15.2. The molecule has 1 saturated carbocycles. The Morgan fingerprint density at radius 3 is 2.72 bits per heavy atom. The molecule has 1 atom stereocenters. The highest BCUT2D eigenvalue weighted by Gasteiger charge is 2.30. The number of hydrogen-bond donors (Lipinski definition) is 3. The van der Waals surface area contributed by atoms with Crippen LogP contribution in [-0.4, -0.2) is 58.6 Å². The highest BCUT2D eigenvalue weighted by atomic mass is 16.4. The smallest absolute Gasteiger partial charge is 0.326 e. The van der Waals surface area contributed by atoms with Gasteiger partial charge in [0.2, 0.25) is 5.91 Å². The van der Waals surface area contributed by atoms with Gasteiger partial charge in [-0.1, -0.05) is 26.8 Å². The zero-order valence-electron chi connectivity index (χ0n) is 20.0. The maximum Gasteiger partial charge on any atom is 0.326 e. The van der Waals surface area contributed by atoms with Crippen molar-refractivity contribution in [3.63, 3.8) is 0 Å². The first kappa shape index (κ1) is 24.5. The van der Waals surface area contributed by atoms with Crippen LogP contribution in [-0.2, 0) is 22.4 Å². The van der Waals surface area contributed by atoms with Crippen LogP contribution in [0.1, 0.15) is 77.0 Å². The third kappa shape index (κ3) is 8.08. The summed E-state index contributed by atoms with van der Waals surface area (Å²) < 4.78 is 0. The molecule has 0 bridgehead atoms. The lowest BCUT2D eigenvalue weighted by Crippen LogP contribution is -2.44. The number of carboxylic acid groups (broad SMARTS) is 1. The van der Waals surface area contributed by atoms with Crippen LogP contribution in [0.2, 0.25) is 0 Å². The molecular weight excluding hydrogens is 404 g/mol. The number of unbranched alkanes of at least 4 members (excludes halogenated alkanes) is 1. The summed E-state index contributed by atoms with van der Waals surface area (Å²) in [5.41, 5.74) is 2.31. The molecule has 0 aromatic carbocycles. The van der Waals surface area contributed by atoms with Gasteiger partial charge in [0, 0.05) is 31.2 Å². The van der Waals surface area contributed by atoms with Crippen molar-refractivity contribution in [3.8, 4) is 0 Å². The fraction of sp³-hybridized carbons (Fsp3) is 0.720. The van der Waals surface area contributed by atoms with Crippen molar-refractivity contribution >= 4 is 17.7 Å². The van der Waals surface area contributed by atoms with Crippen molar-refractivity contribution < 1.29 is 14.7 Å². The summed E-state index contributed by atoms with van der Waals surface area (Å²) in [6.45, 7) is 8.62. The van der Waals surface area contributed by atoms with Gasteiger partial charge in [0.1, 0.15) is 11.9 Å². The van der Waals surface area contributed by atoms with E-state index < -0.39 is 12.0 Å². The Morgan fingerprint density at radius 2 is 2.03 bits per heavy atom. The normalized spacial score (nSPS) is 16.9. The molecule has 1 aliphatic carbocycles. The number of amides is 1. The number of hydrogen-bond acceptors (Lipinski definition) is 5. The largest absolute Gasteiger partial charge is 0.480 e. The molecule has 2 aliphatic rings. The van der Waals surface area contributed by atoms with Gasteiger partial charge in [0.25, 0.3) is 0 Å². The Balaban J connectivity index is 1.42. The lowest BCUT2D eigenvalue weighted by molar-refractivity contribution is -0.142. The molecule has 2 heterocycles. The maximum atomic E-state index is 12.2. The zero-order chi connectivity index (χ0) is 23.1. The van der Waals surface area contributed by atoms with Gasteiger partial charge in [0.15, 0.2) is 0 Å². The van der Waals surface area contributed by atoms with Crippen LogP contribution in [0.3, 0.4) is 0 Å². The van der Waals surface area contributed by atoms with Gasteiger partial charge >= 0.3 is 5.97 Å². The number of fused-ring (bicyclic) bond motifs is 1. The summed E-state index contributed by atoms with van der Waals surface area (Å²) in [6, 6.07) is 4.11. The molecule has 3 rings (SSSR count). The lowest BCUT2D eigenvalue weighted by Gasteiger charge is -2.25. The van der Waals surface area contributed by atoms with Gasteiger partial charge in [-0.15, -0.1) is 0 Å². The van der Waals surface area contributed by atoms with Crippen molar-refractivity contribution in [2.24, 2.45) is 5.41 Å². The van der Waals surface area contributed by atoms with E-state index in [0.717, 1.165) is 50.3 Å². The Morgan fingerprint density at radius 1 is 1.25 bits per heavy atom. The second kappa shape index (κ2) is 11.1. The second-order valence-corrected chi connectivity index (χ2v) is 10.5. The van der Waals surface area contributed by atoms with Gasteiger partial charge < -0.3 is 20.6 Å². The predicted octanol–water partition coefficient (Wildman–Crippen LogP) is 3.62. The molecule has 0 spiro atoms. The topological polar surface area (TPSA) is 94.6 Å². The SMILES string of the molecule is CC(C)(C)CC(=O)NC(CCN(CCCCc1ccc2c(n1)NCCC2)C1CC1)C(=O)O. The summed E-state index contributed by atoms with van der Waals surface area (Å²) in [5.74, 6) is -0.0772. The summed E-state index contributed by atoms with van der Waals surface area (Å²) in [7, 11) is 0. The standard InChI is InChI=1S/C25H40N4O3/c1-25(2,3)17-22(30)28-21(24(31)32)13-16-29(20-11-12-20)15-5-4-8-19-10-9-18-7-6-14-26-23(18)27-19/h9-10,20-21H,4-8,11-17H2,1-3H3,(H,26,27)(H,28,30)(H,31,32). The van der Waals surface area contributed by atoms with E-state index in [9.17, 15) is 14.7 Å². The molecule has 1 unspecified atom stereocenters. The van der Waals surface area contributed by atoms with Gasteiger partial charge in [-0.2, -0.15) is 0 Å². The molecule has 1 aromatic rings. The average Bonchev–Trinajstić information content (AvgIpc) is 3.56. The molecule has 1 fully saturated rings. The van der Waals surface area contributed by atoms with Crippen molar-refractivity contribution in [2.75, 3.05) is 25.0 Å². The molecular formula is C25H40N4O3. The van der Waals surface area contributed by atoms with Crippen molar-refractivity contribution in [1.82, 2.24) is 15.2 Å². The predicted molar refractivity (Wildman–Crippen MR) is 127 cm³/mol. The van der Waals surface area contributed by atoms with Crippen molar-refractivity contribution in [2.45, 2.75) is 90.6 Å². The number of rotatable bonds is 12. The van der Waals surface area contributed by atoms with Gasteiger partial charge in [0.05, 0.1) is 0 Å². The first-order valence-electron chi connectivity index (χ1n) is 12.2. The minimum absolute atomic E-state index is 0.157. The highest BCUT2D eigenvalue weighted by molar-refractivity contribution is 5.83. The molecule has 1 aliphatic heterocycles. The Labute approximate surface area is 192 Å². The number of anilines is 1. The fourth-order valence-electron chi connectivity index (χ4n) is 4.33. The number of aliphatic carboxylic acids is 1. The van der Waals surface area contributed by atoms with Crippen LogP contribution in [0.25, 0.3) is 0 Å². The van der Waals surface area contributed by atoms with E-state index >= 15 is 0 Å². The summed E-state index contributed by atoms with van der Waals surface area (Å²) in [6.07, 6.45) is 8.53. The number of carboxylic acids is 1. The van der Waals surface area contributed by atoms with E-state index in [1.165, 1.54) is 24.8 Å². The molecule has 7 nitrogen and oxygen atoms in total. The Hall–Kier alpha value is -2.15. The van der Waals surface area contributed by atoms with E-state index in [0.29, 0.717) is 25.4 Å². The minimum atomic E-state index is -0.949. The molecule has 3 N–H and O–H groups in total. The first-order valence-corrected chi connectivity index (χ1v) is 12.2. The molecule has 0 saturated heterocycles. The van der Waals surface area contributed by atoms with Gasteiger partial charge in [-0.25, -0.2) is 9.78 Å². The van der Waals surface area contributed by atoms with Crippen molar-refractivity contribution in [1.29, 1.82) is 0 Å². The van der Waals surface area contributed by atoms with E-state index in [1.54, 1.807) is 0 Å². The highest BCUT2D eigenvalue weighted by Crippen LogP contribution is 2.28. The van der Waals surface area contributed by atoms with Crippen molar-refractivity contribution in [3.05, 3.63) is 23.4 Å². The number of carbonyl (C=O) groups excluding carboxylic acids is 1. The van der Waals surface area contributed by atoms with Crippen LogP contribution >= 0.6 is 0 Å². The number of pyridine rings is 1. The molecule has 7 heteroatoms. The third-order valence-corrected chi connectivity index (χ3v) is 6.17. The van der Waals surface area contributed by atoms with Gasteiger partial charge in [-0.3, -0.25) is 4.79 Å². The van der Waals surface area contributed by atoms with E-state index in [4.69, 9.17) is 4.98 Å². The second-order valence-electron chi connectivity index (χ2n) is 10.5. The van der Waals surface area contributed by atoms with E-state index in [2.05, 4.69) is 27.7 Å².